The van der Waals surface area contributed by atoms with Gasteiger partial charge in [0.2, 0.25) is 0 Å². The predicted octanol–water partition coefficient (Wildman–Crippen LogP) is 11.3. The van der Waals surface area contributed by atoms with Gasteiger partial charge in [-0.1, -0.05) is 54.6 Å². The van der Waals surface area contributed by atoms with Gasteiger partial charge in [-0.15, -0.1) is 0 Å². The average molecular weight is 1100 g/mol. The summed E-state index contributed by atoms with van der Waals surface area (Å²) < 4.78 is 26.6. The Morgan fingerprint density at radius 2 is 1.02 bits per heavy atom. The first kappa shape index (κ1) is 52.4. The fourth-order valence-corrected chi connectivity index (χ4v) is 11.0. The molecule has 0 saturated heterocycles. The third-order valence-electron chi connectivity index (χ3n) is 15.5. The maximum Gasteiger partial charge on any atom is 0.164 e. The van der Waals surface area contributed by atoms with E-state index >= 15 is 0 Å². The monoisotopic (exact) mass is 1100 g/mol. The lowest BCUT2D eigenvalue weighted by Gasteiger charge is -2.19. The lowest BCUT2D eigenvalue weighted by molar-refractivity contribution is 0.306. The lowest BCUT2D eigenvalue weighted by Crippen LogP contribution is -2.21. The third kappa shape index (κ3) is 10.7. The van der Waals surface area contributed by atoms with Crippen molar-refractivity contribution in [2.24, 2.45) is 0 Å². The summed E-state index contributed by atoms with van der Waals surface area (Å²) in [7, 11) is 16.2. The van der Waals surface area contributed by atoms with E-state index < -0.39 is 0 Å². The van der Waals surface area contributed by atoms with E-state index in [-0.39, 0.29) is 11.8 Å². The summed E-state index contributed by atoms with van der Waals surface area (Å²) in [6.07, 6.45) is 16.9. The molecule has 13 rings (SSSR count). The molecule has 5 heterocycles. The van der Waals surface area contributed by atoms with Gasteiger partial charge in [0.15, 0.2) is 11.6 Å². The number of aromatic nitrogens is 8. The number of allylic oxidation sites excluding steroid dienone is 8. The SMILES string of the molecule is CN(C)c1cccc(OCc2ccc3c4nc5nc(nc6[nH]c(nc7nc(nc([nH]4)c3c2)C2=CCC(Oc3cccc(N(C)C)c3)=CCC27)c2c6=CC=C(Oc3cccc(N(C)C)c3)CC=2)C2=C(Oc3cccc(N(C)C)c3)C=CCC25)c1. The fourth-order valence-electron chi connectivity index (χ4n) is 11.0. The van der Waals surface area contributed by atoms with Crippen molar-refractivity contribution >= 4 is 79.4 Å². The summed E-state index contributed by atoms with van der Waals surface area (Å²) in [6.45, 7) is 0.333. The number of H-pyrrole nitrogens is 2. The first-order valence-corrected chi connectivity index (χ1v) is 28.0. The zero-order chi connectivity index (χ0) is 56.9. The van der Waals surface area contributed by atoms with Gasteiger partial charge in [-0.25, -0.2) is 29.9 Å². The van der Waals surface area contributed by atoms with E-state index in [1.54, 1.807) is 0 Å². The van der Waals surface area contributed by atoms with Crippen LogP contribution in [0, 0.1) is 0 Å². The second kappa shape index (κ2) is 21.8. The van der Waals surface area contributed by atoms with Crippen molar-refractivity contribution < 1.29 is 18.9 Å². The number of hydrogen-bond acceptors (Lipinski definition) is 14. The predicted molar refractivity (Wildman–Crippen MR) is 331 cm³/mol. The molecule has 2 aliphatic heterocycles. The highest BCUT2D eigenvalue weighted by Crippen LogP contribution is 2.44. The number of ether oxygens (including phenoxy) is 4. The van der Waals surface area contributed by atoms with Crippen molar-refractivity contribution in [3.63, 3.8) is 0 Å². The first-order chi connectivity index (χ1) is 40.3. The Morgan fingerprint density at radius 1 is 0.470 bits per heavy atom. The number of nitrogens with zero attached hydrogens (tertiary/aromatic N) is 10. The molecule has 2 N–H and O–H groups in total. The Morgan fingerprint density at radius 3 is 1.71 bits per heavy atom. The minimum atomic E-state index is -0.293. The summed E-state index contributed by atoms with van der Waals surface area (Å²) in [5, 5.41) is 3.42. The van der Waals surface area contributed by atoms with Crippen molar-refractivity contribution in [1.82, 2.24) is 39.9 Å². The van der Waals surface area contributed by atoms with E-state index in [1.165, 1.54) is 0 Å². The van der Waals surface area contributed by atoms with E-state index in [0.717, 1.165) is 89.4 Å². The van der Waals surface area contributed by atoms with Crippen molar-refractivity contribution in [2.75, 3.05) is 76.0 Å². The Hall–Kier alpha value is -9.96. The molecular formula is C67H64N12O4. The lowest BCUT2D eigenvalue weighted by atomic mass is 9.91. The molecule has 83 heavy (non-hydrogen) atoms. The molecule has 0 radical (unpaired) electrons. The van der Waals surface area contributed by atoms with Crippen LogP contribution < -0.4 is 49.0 Å². The topological polar surface area (TPSA) is 159 Å². The molecule has 3 aromatic heterocycles. The highest BCUT2D eigenvalue weighted by molar-refractivity contribution is 6.04. The van der Waals surface area contributed by atoms with Crippen molar-refractivity contribution in [3.05, 3.63) is 202 Å². The van der Waals surface area contributed by atoms with Crippen LogP contribution in [0.2, 0.25) is 0 Å². The van der Waals surface area contributed by atoms with E-state index in [4.69, 9.17) is 48.9 Å². The van der Waals surface area contributed by atoms with Gasteiger partial charge in [0, 0.05) is 143 Å². The quantitative estimate of drug-likeness (QED) is 0.112. The minimum Gasteiger partial charge on any atom is -0.489 e. The molecule has 8 bridgehead atoms. The molecule has 2 unspecified atom stereocenters. The molecule has 5 aromatic carbocycles. The van der Waals surface area contributed by atoms with Crippen LogP contribution in [0.5, 0.6) is 23.0 Å². The zero-order valence-corrected chi connectivity index (χ0v) is 47.8. The van der Waals surface area contributed by atoms with Gasteiger partial charge < -0.3 is 48.5 Å². The number of fused-ring (bicyclic) bond motifs is 20. The highest BCUT2D eigenvalue weighted by Gasteiger charge is 2.35. The van der Waals surface area contributed by atoms with Gasteiger partial charge >= 0.3 is 0 Å². The summed E-state index contributed by atoms with van der Waals surface area (Å²) in [4.78, 5) is 48.3. The van der Waals surface area contributed by atoms with Crippen LogP contribution in [0.3, 0.4) is 0 Å². The van der Waals surface area contributed by atoms with E-state index in [2.05, 4.69) is 108 Å². The molecule has 416 valence electrons. The van der Waals surface area contributed by atoms with E-state index in [9.17, 15) is 0 Å². The Labute approximate surface area is 481 Å². The van der Waals surface area contributed by atoms with Crippen LogP contribution >= 0.6 is 0 Å². The van der Waals surface area contributed by atoms with Gasteiger partial charge in [-0.05, 0) is 97.3 Å². The number of aromatic amines is 2. The van der Waals surface area contributed by atoms with E-state index in [1.807, 2.05) is 135 Å². The van der Waals surface area contributed by atoms with Crippen LogP contribution in [0.4, 0.5) is 22.7 Å². The molecule has 3 aliphatic carbocycles. The van der Waals surface area contributed by atoms with Gasteiger partial charge in [-0.2, -0.15) is 0 Å². The van der Waals surface area contributed by atoms with Crippen molar-refractivity contribution in [2.45, 2.75) is 44.1 Å². The van der Waals surface area contributed by atoms with Crippen molar-refractivity contribution in [3.8, 4) is 23.0 Å². The third-order valence-corrected chi connectivity index (χ3v) is 15.5. The average Bonchev–Trinajstić information content (AvgIpc) is 4.31. The second-order valence-electron chi connectivity index (χ2n) is 22.0. The zero-order valence-electron chi connectivity index (χ0n) is 47.8. The maximum atomic E-state index is 6.85. The number of hydrogen-bond donors (Lipinski definition) is 2. The molecule has 5 aliphatic rings. The Balaban J connectivity index is 1.03. The standard InChI is InChI=1S/C67H64N12O4/c1-76(2)41-14-9-18-47(35-41)80-39-40-24-29-55-57(34-40)66-72-62-52-31-26-45(81-48-19-10-15-42(36-48)77(3)4)25-30-51(52)60(69-62)68-61-53-32-27-46(82-49-20-11-16-43(37-49)78(5)6)28-33-54(53)63(70-61)74-67-59-56(65(75-67)71-64(55)73-66)22-13-23-58(59)83-50-21-12-17-44(38-50)79(7)8/h9-21,23-25,28-29,31-38,51,56,73H,22,26-27,30,39H2,1-8H3,(H,68,69,70,71,72,74,75). The summed E-state index contributed by atoms with van der Waals surface area (Å²) in [5.41, 5.74) is 9.28. The van der Waals surface area contributed by atoms with Crippen LogP contribution in [0.1, 0.15) is 66.4 Å². The minimum absolute atomic E-state index is 0.261. The smallest absolute Gasteiger partial charge is 0.164 e. The molecule has 0 spiro atoms. The summed E-state index contributed by atoms with van der Waals surface area (Å²) >= 11 is 0. The molecule has 0 amide bonds. The van der Waals surface area contributed by atoms with Gasteiger partial charge in [0.25, 0.3) is 0 Å². The van der Waals surface area contributed by atoms with Crippen LogP contribution in [0.15, 0.2) is 163 Å². The van der Waals surface area contributed by atoms with Crippen LogP contribution in [-0.4, -0.2) is 96.3 Å². The van der Waals surface area contributed by atoms with Gasteiger partial charge in [0.05, 0.1) is 17.4 Å². The number of rotatable bonds is 13. The molecular weight excluding hydrogens is 1040 g/mol. The normalized spacial score (nSPS) is 16.1. The fraction of sp³-hybridized carbons (Fsp3) is 0.224. The van der Waals surface area contributed by atoms with Crippen LogP contribution in [0.25, 0.3) is 56.7 Å². The van der Waals surface area contributed by atoms with Gasteiger partial charge in [0.1, 0.15) is 81.1 Å². The molecule has 16 nitrogen and oxygen atoms in total. The number of nitrogens with one attached hydrogen (secondary N) is 2. The van der Waals surface area contributed by atoms with Crippen molar-refractivity contribution in [1.29, 1.82) is 0 Å². The first-order valence-electron chi connectivity index (χ1n) is 28.0. The van der Waals surface area contributed by atoms with E-state index in [0.29, 0.717) is 89.7 Å². The molecule has 0 fully saturated rings. The Bertz CT molecular complexity index is 4370. The largest absolute Gasteiger partial charge is 0.489 e. The number of anilines is 4. The molecule has 16 heteroatoms. The molecule has 2 atom stereocenters. The molecule has 8 aromatic rings. The molecule has 0 saturated carbocycles. The van der Waals surface area contributed by atoms with Crippen LogP contribution in [-0.2, 0) is 6.61 Å². The maximum absolute atomic E-state index is 6.85. The second-order valence-corrected chi connectivity index (χ2v) is 22.0. The van der Waals surface area contributed by atoms with Gasteiger partial charge in [-0.3, -0.25) is 0 Å². The number of benzene rings is 5. The highest BCUT2D eigenvalue weighted by atomic mass is 16.5. The summed E-state index contributed by atoms with van der Waals surface area (Å²) in [5.74, 6) is 6.87. The summed E-state index contributed by atoms with van der Waals surface area (Å²) in [6, 6.07) is 38.7. The Kier molecular flexibility index (Phi) is 13.8.